The van der Waals surface area contributed by atoms with Crippen molar-refractivity contribution >= 4 is 11.6 Å². The van der Waals surface area contributed by atoms with Crippen molar-refractivity contribution in [1.82, 2.24) is 4.90 Å². The quantitative estimate of drug-likeness (QED) is 0.903. The third-order valence-corrected chi connectivity index (χ3v) is 3.23. The molecule has 0 aliphatic carbocycles. The van der Waals surface area contributed by atoms with Crippen LogP contribution >= 0.6 is 0 Å². The highest BCUT2D eigenvalue weighted by molar-refractivity contribution is 5.92. The number of anilines is 1. The fraction of sp³-hybridized carbons (Fsp3) is 0.533. The Balaban J connectivity index is 1.96. The van der Waals surface area contributed by atoms with E-state index in [4.69, 9.17) is 4.74 Å². The van der Waals surface area contributed by atoms with Crippen molar-refractivity contribution in [2.75, 3.05) is 31.6 Å². The standard InChI is InChI=1S/C15H22N2O2/c1-12(2)15(18)16-14-5-3-4-13(10-14)11-17-6-8-19-9-7-17/h3-5,10,12H,6-9,11H2,1-2H3,(H,16,18). The number of nitrogens with one attached hydrogen (secondary N) is 1. The first-order chi connectivity index (χ1) is 9.15. The average Bonchev–Trinajstić information content (AvgIpc) is 2.40. The van der Waals surface area contributed by atoms with Gasteiger partial charge in [0.15, 0.2) is 0 Å². The largest absolute Gasteiger partial charge is 0.379 e. The molecular weight excluding hydrogens is 240 g/mol. The minimum atomic E-state index is 0.00268. The molecule has 104 valence electrons. The van der Waals surface area contributed by atoms with E-state index in [0.29, 0.717) is 0 Å². The van der Waals surface area contributed by atoms with Crippen LogP contribution < -0.4 is 5.32 Å². The summed E-state index contributed by atoms with van der Waals surface area (Å²) in [5, 5.41) is 2.94. The maximum absolute atomic E-state index is 11.7. The number of rotatable bonds is 4. The highest BCUT2D eigenvalue weighted by atomic mass is 16.5. The molecule has 1 N–H and O–H groups in total. The number of amides is 1. The van der Waals surface area contributed by atoms with E-state index in [2.05, 4.69) is 22.3 Å². The molecule has 19 heavy (non-hydrogen) atoms. The van der Waals surface area contributed by atoms with Gasteiger partial charge in [0.1, 0.15) is 0 Å². The van der Waals surface area contributed by atoms with Gasteiger partial charge in [-0.15, -0.1) is 0 Å². The minimum Gasteiger partial charge on any atom is -0.379 e. The highest BCUT2D eigenvalue weighted by Crippen LogP contribution is 2.14. The average molecular weight is 262 g/mol. The van der Waals surface area contributed by atoms with Crippen LogP contribution in [0.15, 0.2) is 24.3 Å². The summed E-state index contributed by atoms with van der Waals surface area (Å²) >= 11 is 0. The summed E-state index contributed by atoms with van der Waals surface area (Å²) in [6.07, 6.45) is 0. The lowest BCUT2D eigenvalue weighted by molar-refractivity contribution is -0.118. The number of nitrogens with zero attached hydrogens (tertiary/aromatic N) is 1. The maximum atomic E-state index is 11.7. The second kappa shape index (κ2) is 6.68. The summed E-state index contributed by atoms with van der Waals surface area (Å²) < 4.78 is 5.34. The zero-order valence-electron chi connectivity index (χ0n) is 11.7. The predicted octanol–water partition coefficient (Wildman–Crippen LogP) is 2.11. The third kappa shape index (κ3) is 4.33. The summed E-state index contributed by atoms with van der Waals surface area (Å²) in [5.41, 5.74) is 2.10. The van der Waals surface area contributed by atoms with E-state index in [1.807, 2.05) is 26.0 Å². The number of hydrogen-bond donors (Lipinski definition) is 1. The number of carbonyl (C=O) groups is 1. The van der Waals surface area contributed by atoms with Crippen LogP contribution in [-0.2, 0) is 16.1 Å². The summed E-state index contributed by atoms with van der Waals surface area (Å²) in [5.74, 6) is 0.0615. The van der Waals surface area contributed by atoms with Gasteiger partial charge in [-0.3, -0.25) is 9.69 Å². The Morgan fingerprint density at radius 2 is 2.11 bits per heavy atom. The Hall–Kier alpha value is -1.39. The first kappa shape index (κ1) is 14.0. The van der Waals surface area contributed by atoms with Crippen molar-refractivity contribution in [3.8, 4) is 0 Å². The molecule has 4 heteroatoms. The van der Waals surface area contributed by atoms with Crippen molar-refractivity contribution < 1.29 is 9.53 Å². The zero-order chi connectivity index (χ0) is 13.7. The molecule has 1 saturated heterocycles. The SMILES string of the molecule is CC(C)C(=O)Nc1cccc(CN2CCOCC2)c1. The van der Waals surface area contributed by atoms with Crippen LogP contribution in [0.2, 0.25) is 0 Å². The van der Waals surface area contributed by atoms with Gasteiger partial charge < -0.3 is 10.1 Å². The predicted molar refractivity (Wildman–Crippen MR) is 76.0 cm³/mol. The third-order valence-electron chi connectivity index (χ3n) is 3.23. The molecule has 1 aliphatic rings. The van der Waals surface area contributed by atoms with Gasteiger partial charge in [-0.2, -0.15) is 0 Å². The highest BCUT2D eigenvalue weighted by Gasteiger charge is 2.11. The van der Waals surface area contributed by atoms with Gasteiger partial charge in [-0.05, 0) is 17.7 Å². The van der Waals surface area contributed by atoms with Crippen LogP contribution in [0.3, 0.4) is 0 Å². The molecule has 1 heterocycles. The lowest BCUT2D eigenvalue weighted by atomic mass is 10.1. The van der Waals surface area contributed by atoms with E-state index in [-0.39, 0.29) is 11.8 Å². The van der Waals surface area contributed by atoms with E-state index in [1.54, 1.807) is 0 Å². The van der Waals surface area contributed by atoms with Crippen molar-refractivity contribution in [3.05, 3.63) is 29.8 Å². The Bertz CT molecular complexity index is 426. The molecule has 1 aliphatic heterocycles. The summed E-state index contributed by atoms with van der Waals surface area (Å²) in [6, 6.07) is 8.07. The Kier molecular flexibility index (Phi) is 4.93. The van der Waals surface area contributed by atoms with E-state index in [1.165, 1.54) is 5.56 Å². The summed E-state index contributed by atoms with van der Waals surface area (Å²) in [7, 11) is 0. The molecule has 0 atom stereocenters. The number of hydrogen-bond acceptors (Lipinski definition) is 3. The van der Waals surface area contributed by atoms with Gasteiger partial charge in [0.25, 0.3) is 0 Å². The van der Waals surface area contributed by atoms with Crippen LogP contribution in [-0.4, -0.2) is 37.1 Å². The van der Waals surface area contributed by atoms with E-state index < -0.39 is 0 Å². The fourth-order valence-corrected chi connectivity index (χ4v) is 2.05. The van der Waals surface area contributed by atoms with Gasteiger partial charge in [0, 0.05) is 31.2 Å². The monoisotopic (exact) mass is 262 g/mol. The van der Waals surface area contributed by atoms with Crippen LogP contribution in [0.25, 0.3) is 0 Å². The molecule has 0 radical (unpaired) electrons. The summed E-state index contributed by atoms with van der Waals surface area (Å²) in [4.78, 5) is 14.0. The molecule has 1 aromatic carbocycles. The fourth-order valence-electron chi connectivity index (χ4n) is 2.05. The van der Waals surface area contributed by atoms with E-state index >= 15 is 0 Å². The molecule has 0 bridgehead atoms. The van der Waals surface area contributed by atoms with Crippen molar-refractivity contribution in [1.29, 1.82) is 0 Å². The second-order valence-corrected chi connectivity index (χ2v) is 5.23. The van der Waals surface area contributed by atoms with E-state index in [0.717, 1.165) is 38.5 Å². The van der Waals surface area contributed by atoms with Crippen molar-refractivity contribution in [3.63, 3.8) is 0 Å². The maximum Gasteiger partial charge on any atom is 0.226 e. The summed E-state index contributed by atoms with van der Waals surface area (Å²) in [6.45, 7) is 8.27. The number of benzene rings is 1. The Morgan fingerprint density at radius 1 is 1.37 bits per heavy atom. The molecular formula is C15H22N2O2. The lowest BCUT2D eigenvalue weighted by Gasteiger charge is -2.26. The van der Waals surface area contributed by atoms with Crippen LogP contribution in [0, 0.1) is 5.92 Å². The molecule has 0 spiro atoms. The molecule has 0 unspecified atom stereocenters. The van der Waals surface area contributed by atoms with Crippen LogP contribution in [0.1, 0.15) is 19.4 Å². The van der Waals surface area contributed by atoms with Crippen LogP contribution in [0.4, 0.5) is 5.69 Å². The molecule has 4 nitrogen and oxygen atoms in total. The van der Waals surface area contributed by atoms with Gasteiger partial charge in [0.2, 0.25) is 5.91 Å². The first-order valence-electron chi connectivity index (χ1n) is 6.85. The Labute approximate surface area is 114 Å². The number of ether oxygens (including phenoxy) is 1. The van der Waals surface area contributed by atoms with E-state index in [9.17, 15) is 4.79 Å². The zero-order valence-corrected chi connectivity index (χ0v) is 11.7. The van der Waals surface area contributed by atoms with Crippen molar-refractivity contribution in [2.45, 2.75) is 20.4 Å². The second-order valence-electron chi connectivity index (χ2n) is 5.23. The number of morpholine rings is 1. The van der Waals surface area contributed by atoms with Crippen molar-refractivity contribution in [2.24, 2.45) is 5.92 Å². The van der Waals surface area contributed by atoms with Gasteiger partial charge in [0.05, 0.1) is 13.2 Å². The molecule has 1 fully saturated rings. The van der Waals surface area contributed by atoms with Crippen LogP contribution in [0.5, 0.6) is 0 Å². The lowest BCUT2D eigenvalue weighted by Crippen LogP contribution is -2.35. The smallest absolute Gasteiger partial charge is 0.226 e. The van der Waals surface area contributed by atoms with Gasteiger partial charge in [-0.25, -0.2) is 0 Å². The normalized spacial score (nSPS) is 16.6. The Morgan fingerprint density at radius 3 is 2.79 bits per heavy atom. The van der Waals surface area contributed by atoms with Gasteiger partial charge in [-0.1, -0.05) is 26.0 Å². The molecule has 1 amide bonds. The topological polar surface area (TPSA) is 41.6 Å². The van der Waals surface area contributed by atoms with Gasteiger partial charge >= 0.3 is 0 Å². The molecule has 0 aromatic heterocycles. The molecule has 1 aromatic rings. The first-order valence-corrected chi connectivity index (χ1v) is 6.85. The molecule has 2 rings (SSSR count). The number of carbonyl (C=O) groups excluding carboxylic acids is 1. The minimum absolute atomic E-state index is 0.00268. The molecule has 0 saturated carbocycles.